The Bertz CT molecular complexity index is 1010. The predicted octanol–water partition coefficient (Wildman–Crippen LogP) is 1.74. The van der Waals surface area contributed by atoms with Crippen LogP contribution >= 0.6 is 0 Å². The van der Waals surface area contributed by atoms with E-state index in [1.807, 2.05) is 30.3 Å². The monoisotopic (exact) mass is 391 g/mol. The Hall–Kier alpha value is -3.48. The molecule has 29 heavy (non-hydrogen) atoms. The summed E-state index contributed by atoms with van der Waals surface area (Å²) in [6, 6.07) is 12.4. The molecule has 7 heteroatoms. The quantitative estimate of drug-likeness (QED) is 0.533. The summed E-state index contributed by atoms with van der Waals surface area (Å²) in [7, 11) is 0. The van der Waals surface area contributed by atoms with Crippen LogP contribution in [-0.4, -0.2) is 35.7 Å². The van der Waals surface area contributed by atoms with Crippen LogP contribution in [0.25, 0.3) is 11.1 Å². The topological polar surface area (TPSA) is 104 Å². The van der Waals surface area contributed by atoms with E-state index in [1.165, 1.54) is 11.1 Å². The third-order valence-corrected chi connectivity index (χ3v) is 5.38. The van der Waals surface area contributed by atoms with Crippen LogP contribution in [0.4, 0.5) is 4.79 Å². The van der Waals surface area contributed by atoms with Crippen molar-refractivity contribution >= 4 is 23.6 Å². The van der Waals surface area contributed by atoms with Crippen molar-refractivity contribution in [3.8, 4) is 11.1 Å². The van der Waals surface area contributed by atoms with Crippen LogP contribution in [0.3, 0.4) is 0 Å². The number of hydrogen-bond donors (Lipinski definition) is 3. The Balaban J connectivity index is 1.39. The Kier molecular flexibility index (Phi) is 4.88. The summed E-state index contributed by atoms with van der Waals surface area (Å²) in [5, 5.41) is 7.51. The number of fused-ring (bicyclic) bond motifs is 1. The third-order valence-electron chi connectivity index (χ3n) is 5.38. The van der Waals surface area contributed by atoms with Crippen LogP contribution in [0.5, 0.6) is 0 Å². The molecule has 7 nitrogen and oxygen atoms in total. The largest absolute Gasteiger partial charge is 0.353 e. The molecule has 1 saturated heterocycles. The van der Waals surface area contributed by atoms with E-state index >= 15 is 0 Å². The van der Waals surface area contributed by atoms with Crippen molar-refractivity contribution in [3.05, 3.63) is 59.2 Å². The van der Waals surface area contributed by atoms with Gasteiger partial charge in [-0.1, -0.05) is 42.5 Å². The van der Waals surface area contributed by atoms with Gasteiger partial charge in [-0.05, 0) is 42.0 Å². The molecule has 1 fully saturated rings. The Morgan fingerprint density at radius 3 is 2.34 bits per heavy atom. The summed E-state index contributed by atoms with van der Waals surface area (Å²) >= 11 is 0. The molecule has 0 aromatic heterocycles. The summed E-state index contributed by atoms with van der Waals surface area (Å²) in [4.78, 5) is 46.4. The van der Waals surface area contributed by atoms with Crippen LogP contribution in [0.15, 0.2) is 42.5 Å². The number of Topliss-reactive ketones (excluding diaryl/α,β-unsaturated/α-hetero) is 1. The highest BCUT2D eigenvalue weighted by Gasteiger charge is 2.32. The molecule has 4 amide bonds. The second kappa shape index (κ2) is 7.50. The number of rotatable bonds is 5. The molecule has 3 N–H and O–H groups in total. The maximum atomic E-state index is 12.3. The lowest BCUT2D eigenvalue weighted by atomic mass is 9.99. The minimum Gasteiger partial charge on any atom is -0.353 e. The summed E-state index contributed by atoms with van der Waals surface area (Å²) < 4.78 is 0. The van der Waals surface area contributed by atoms with Crippen LogP contribution in [0.2, 0.25) is 0 Å². The molecule has 1 heterocycles. The fourth-order valence-electron chi connectivity index (χ4n) is 3.87. The number of hydrogen-bond acceptors (Lipinski definition) is 4. The molecule has 0 bridgehead atoms. The van der Waals surface area contributed by atoms with Gasteiger partial charge in [-0.3, -0.25) is 19.7 Å². The van der Waals surface area contributed by atoms with Gasteiger partial charge in [0.1, 0.15) is 6.04 Å². The summed E-state index contributed by atoms with van der Waals surface area (Å²) in [5.41, 5.74) is 5.15. The van der Waals surface area contributed by atoms with Gasteiger partial charge in [-0.2, -0.15) is 0 Å². The Morgan fingerprint density at radius 1 is 1.00 bits per heavy atom. The zero-order valence-corrected chi connectivity index (χ0v) is 16.0. The maximum absolute atomic E-state index is 12.3. The van der Waals surface area contributed by atoms with Gasteiger partial charge in [0.2, 0.25) is 5.91 Å². The molecule has 1 aliphatic carbocycles. The highest BCUT2D eigenvalue weighted by molar-refractivity contribution is 6.05. The smallest absolute Gasteiger partial charge is 0.322 e. The molecular weight excluding hydrogens is 370 g/mol. The van der Waals surface area contributed by atoms with Gasteiger partial charge >= 0.3 is 6.03 Å². The molecule has 0 saturated carbocycles. The molecule has 2 aromatic rings. The SMILES string of the molecule is CC(=O)c1ccc(-c2ccc3c(c2)CC(NC(=O)CC2NC(=O)NC2=O)C3)cc1. The highest BCUT2D eigenvalue weighted by atomic mass is 16.2. The van der Waals surface area contributed by atoms with Crippen LogP contribution in [0.1, 0.15) is 34.8 Å². The lowest BCUT2D eigenvalue weighted by Gasteiger charge is -2.13. The Morgan fingerprint density at radius 2 is 1.69 bits per heavy atom. The molecule has 4 rings (SSSR count). The number of benzene rings is 2. The van der Waals surface area contributed by atoms with Gasteiger partial charge in [0, 0.05) is 11.6 Å². The third kappa shape index (κ3) is 4.03. The molecular formula is C22H21N3O4. The fraction of sp³-hybridized carbons (Fsp3) is 0.273. The van der Waals surface area contributed by atoms with E-state index in [-0.39, 0.29) is 24.2 Å². The first-order valence-electron chi connectivity index (χ1n) is 9.53. The minimum atomic E-state index is -0.809. The molecule has 148 valence electrons. The molecule has 2 aromatic carbocycles. The maximum Gasteiger partial charge on any atom is 0.322 e. The van der Waals surface area contributed by atoms with E-state index in [0.717, 1.165) is 17.5 Å². The van der Waals surface area contributed by atoms with Gasteiger partial charge in [-0.25, -0.2) is 4.79 Å². The fourth-order valence-corrected chi connectivity index (χ4v) is 3.87. The number of ketones is 1. The first-order valence-corrected chi connectivity index (χ1v) is 9.53. The molecule has 2 atom stereocenters. The molecule has 2 aliphatic rings. The van der Waals surface area contributed by atoms with Crippen molar-refractivity contribution in [2.75, 3.05) is 0 Å². The van der Waals surface area contributed by atoms with Crippen molar-refractivity contribution < 1.29 is 19.2 Å². The number of carbonyl (C=O) groups is 4. The predicted molar refractivity (Wildman–Crippen MR) is 106 cm³/mol. The van der Waals surface area contributed by atoms with Gasteiger partial charge < -0.3 is 10.6 Å². The van der Waals surface area contributed by atoms with Gasteiger partial charge in [0.25, 0.3) is 5.91 Å². The van der Waals surface area contributed by atoms with E-state index in [2.05, 4.69) is 28.1 Å². The van der Waals surface area contributed by atoms with Crippen molar-refractivity contribution in [2.24, 2.45) is 0 Å². The van der Waals surface area contributed by atoms with Crippen molar-refractivity contribution in [3.63, 3.8) is 0 Å². The molecule has 0 spiro atoms. The summed E-state index contributed by atoms with van der Waals surface area (Å²) in [6.45, 7) is 1.55. The number of amides is 4. The second-order valence-corrected chi connectivity index (χ2v) is 7.51. The van der Waals surface area contributed by atoms with Gasteiger partial charge in [0.15, 0.2) is 5.78 Å². The summed E-state index contributed by atoms with van der Waals surface area (Å²) in [6.07, 6.45) is 1.37. The number of nitrogens with one attached hydrogen (secondary N) is 3. The number of carbonyl (C=O) groups excluding carboxylic acids is 4. The molecule has 2 unspecified atom stereocenters. The van der Waals surface area contributed by atoms with E-state index in [4.69, 9.17) is 0 Å². The first kappa shape index (κ1) is 18.9. The van der Waals surface area contributed by atoms with Crippen molar-refractivity contribution in [1.29, 1.82) is 0 Å². The second-order valence-electron chi connectivity index (χ2n) is 7.51. The number of urea groups is 1. The van der Waals surface area contributed by atoms with Gasteiger partial charge in [0.05, 0.1) is 6.42 Å². The lowest BCUT2D eigenvalue weighted by molar-refractivity contribution is -0.126. The zero-order chi connectivity index (χ0) is 20.5. The normalized spacial score (nSPS) is 20.0. The summed E-state index contributed by atoms with van der Waals surface area (Å²) in [5.74, 6) is -0.691. The molecule has 1 aliphatic heterocycles. The Labute approximate surface area is 167 Å². The van der Waals surface area contributed by atoms with Gasteiger partial charge in [-0.15, -0.1) is 0 Å². The van der Waals surface area contributed by atoms with Crippen molar-refractivity contribution in [2.45, 2.75) is 38.3 Å². The lowest BCUT2D eigenvalue weighted by Crippen LogP contribution is -2.40. The zero-order valence-electron chi connectivity index (χ0n) is 16.0. The molecule has 0 radical (unpaired) electrons. The minimum absolute atomic E-state index is 0.0343. The highest BCUT2D eigenvalue weighted by Crippen LogP contribution is 2.28. The van der Waals surface area contributed by atoms with E-state index in [9.17, 15) is 19.2 Å². The van der Waals surface area contributed by atoms with Crippen LogP contribution < -0.4 is 16.0 Å². The van der Waals surface area contributed by atoms with E-state index in [0.29, 0.717) is 12.0 Å². The van der Waals surface area contributed by atoms with Crippen LogP contribution in [0, 0.1) is 0 Å². The number of imide groups is 1. The average molecular weight is 391 g/mol. The van der Waals surface area contributed by atoms with Crippen LogP contribution in [-0.2, 0) is 22.4 Å². The standard InChI is InChI=1S/C22H21N3O4/c1-12(26)13-2-4-14(5-3-13)15-6-7-16-9-18(10-17(16)8-15)23-20(27)11-19-21(28)25-22(29)24-19/h2-8,18-19H,9-11H2,1H3,(H,23,27)(H2,24,25,28,29). The van der Waals surface area contributed by atoms with Crippen molar-refractivity contribution in [1.82, 2.24) is 16.0 Å². The van der Waals surface area contributed by atoms with E-state index < -0.39 is 18.0 Å². The van der Waals surface area contributed by atoms with E-state index in [1.54, 1.807) is 6.92 Å². The first-order chi connectivity index (χ1) is 13.9. The average Bonchev–Trinajstić information content (AvgIpc) is 3.22.